The van der Waals surface area contributed by atoms with Gasteiger partial charge in [-0.3, -0.25) is 0 Å². The Morgan fingerprint density at radius 1 is 0.750 bits per heavy atom. The van der Waals surface area contributed by atoms with Crippen molar-refractivity contribution in [3.63, 3.8) is 0 Å². The second-order valence-electron chi connectivity index (χ2n) is 11.7. The average Bonchev–Trinajstić information content (AvgIpc) is 3.02. The first-order chi connectivity index (χ1) is 19.7. The van der Waals surface area contributed by atoms with Gasteiger partial charge in [0.1, 0.15) is 5.75 Å². The third kappa shape index (κ3) is 8.11. The maximum Gasteiger partial charge on any atom is 0.322 e. The van der Waals surface area contributed by atoms with Gasteiger partial charge >= 0.3 is 6.03 Å². The van der Waals surface area contributed by atoms with E-state index in [2.05, 4.69) is 59.2 Å². The van der Waals surface area contributed by atoms with E-state index in [0.29, 0.717) is 18.5 Å². The van der Waals surface area contributed by atoms with Gasteiger partial charge in [-0.05, 0) is 78.1 Å². The molecule has 0 saturated heterocycles. The number of carbonyl (C=O) groups excluding carboxylic acids is 1. The third-order valence-corrected chi connectivity index (χ3v) is 8.65. The molecule has 212 valence electrons. The minimum Gasteiger partial charge on any atom is -0.497 e. The van der Waals surface area contributed by atoms with Crippen molar-refractivity contribution < 1.29 is 9.53 Å². The van der Waals surface area contributed by atoms with E-state index in [0.717, 1.165) is 30.1 Å². The molecule has 2 saturated carbocycles. The number of hydrogen-bond donors (Lipinski definition) is 2. The number of rotatable bonds is 10. The van der Waals surface area contributed by atoms with Gasteiger partial charge < -0.3 is 20.3 Å². The molecule has 5 rings (SSSR count). The monoisotopic (exact) mass is 539 g/mol. The van der Waals surface area contributed by atoms with Gasteiger partial charge in [-0.1, -0.05) is 87.1 Å². The maximum atomic E-state index is 13.4. The molecule has 0 spiro atoms. The fraction of sp³-hybridized carbons (Fsp3) is 0.457. The van der Waals surface area contributed by atoms with Crippen molar-refractivity contribution in [1.29, 1.82) is 0 Å². The van der Waals surface area contributed by atoms with Crippen LogP contribution in [0.1, 0.15) is 75.3 Å². The molecule has 0 bridgehead atoms. The van der Waals surface area contributed by atoms with Crippen LogP contribution in [0.5, 0.6) is 5.75 Å². The zero-order valence-electron chi connectivity index (χ0n) is 24.0. The highest BCUT2D eigenvalue weighted by Gasteiger charge is 2.21. The summed E-state index contributed by atoms with van der Waals surface area (Å²) in [4.78, 5) is 15.4. The first-order valence-electron chi connectivity index (χ1n) is 15.3. The number of methoxy groups -OCH3 is 1. The summed E-state index contributed by atoms with van der Waals surface area (Å²) in [5.41, 5.74) is 5.71. The Bertz CT molecular complexity index is 1180. The molecule has 0 radical (unpaired) electrons. The second kappa shape index (κ2) is 14.4. The molecular weight excluding hydrogens is 494 g/mol. The highest BCUT2D eigenvalue weighted by molar-refractivity contribution is 5.89. The van der Waals surface area contributed by atoms with Gasteiger partial charge in [0.2, 0.25) is 0 Å². The van der Waals surface area contributed by atoms with Gasteiger partial charge in [0.05, 0.1) is 7.11 Å². The van der Waals surface area contributed by atoms with Crippen LogP contribution in [0.2, 0.25) is 0 Å². The van der Waals surface area contributed by atoms with E-state index < -0.39 is 0 Å². The molecule has 3 aromatic rings. The fourth-order valence-electron chi connectivity index (χ4n) is 6.18. The van der Waals surface area contributed by atoms with Gasteiger partial charge in [0.15, 0.2) is 0 Å². The summed E-state index contributed by atoms with van der Waals surface area (Å²) in [6.45, 7) is 2.34. The van der Waals surface area contributed by atoms with Crippen molar-refractivity contribution in [2.24, 2.45) is 5.92 Å². The predicted octanol–water partition coefficient (Wildman–Crippen LogP) is 8.40. The van der Waals surface area contributed by atoms with Crippen LogP contribution in [0, 0.1) is 5.92 Å². The SMILES string of the molecule is COc1ccc(NC(=O)N(Cc2ccc(-c3ccc(CNC4CCCCC4)cc3)cc2)CC2CCCCC2)cc1. The molecule has 5 nitrogen and oxygen atoms in total. The molecular formula is C35H45N3O2. The van der Waals surface area contributed by atoms with E-state index in [1.165, 1.54) is 80.9 Å². The molecule has 40 heavy (non-hydrogen) atoms. The van der Waals surface area contributed by atoms with Crippen LogP contribution < -0.4 is 15.4 Å². The molecule has 5 heteroatoms. The topological polar surface area (TPSA) is 53.6 Å². The third-order valence-electron chi connectivity index (χ3n) is 8.65. The standard InChI is InChI=1S/C35H45N3O2/c1-40-34-22-20-33(21-23-34)37-35(39)38(25-28-8-4-2-5-9-28)26-29-14-18-31(19-15-29)30-16-12-27(13-17-30)24-36-32-10-6-3-7-11-32/h12-23,28,32,36H,2-11,24-26H2,1H3,(H,37,39). The molecule has 2 aliphatic rings. The second-order valence-corrected chi connectivity index (χ2v) is 11.7. The number of anilines is 1. The summed E-state index contributed by atoms with van der Waals surface area (Å²) in [6, 6.07) is 25.8. The lowest BCUT2D eigenvalue weighted by Gasteiger charge is -2.30. The summed E-state index contributed by atoms with van der Waals surface area (Å²) in [6.07, 6.45) is 13.0. The molecule has 0 aliphatic heterocycles. The molecule has 0 atom stereocenters. The lowest BCUT2D eigenvalue weighted by molar-refractivity contribution is 0.187. The molecule has 0 aromatic heterocycles. The predicted molar refractivity (Wildman–Crippen MR) is 165 cm³/mol. The smallest absolute Gasteiger partial charge is 0.322 e. The van der Waals surface area contributed by atoms with Crippen LogP contribution in [-0.2, 0) is 13.1 Å². The van der Waals surface area contributed by atoms with Crippen molar-refractivity contribution >= 4 is 11.7 Å². The van der Waals surface area contributed by atoms with E-state index in [1.54, 1.807) is 7.11 Å². The normalized spacial score (nSPS) is 16.4. The highest BCUT2D eigenvalue weighted by Crippen LogP contribution is 2.27. The van der Waals surface area contributed by atoms with Crippen molar-refractivity contribution in [2.45, 2.75) is 83.3 Å². The van der Waals surface area contributed by atoms with E-state index in [9.17, 15) is 4.79 Å². The van der Waals surface area contributed by atoms with Crippen LogP contribution >= 0.6 is 0 Å². The molecule has 0 heterocycles. The van der Waals surface area contributed by atoms with E-state index in [4.69, 9.17) is 4.74 Å². The fourth-order valence-corrected chi connectivity index (χ4v) is 6.18. The highest BCUT2D eigenvalue weighted by atomic mass is 16.5. The van der Waals surface area contributed by atoms with Crippen LogP contribution in [0.3, 0.4) is 0 Å². The van der Waals surface area contributed by atoms with Crippen molar-refractivity contribution in [1.82, 2.24) is 10.2 Å². The minimum atomic E-state index is -0.0442. The molecule has 2 aliphatic carbocycles. The molecule has 2 fully saturated rings. The van der Waals surface area contributed by atoms with E-state index in [-0.39, 0.29) is 6.03 Å². The van der Waals surface area contributed by atoms with Gasteiger partial charge in [-0.15, -0.1) is 0 Å². The van der Waals surface area contributed by atoms with Gasteiger partial charge in [-0.25, -0.2) is 4.79 Å². The first kappa shape index (κ1) is 28.2. The average molecular weight is 540 g/mol. The Kier molecular flexibility index (Phi) is 10.1. The Hall–Kier alpha value is -3.31. The van der Waals surface area contributed by atoms with Crippen LogP contribution in [0.25, 0.3) is 11.1 Å². The number of hydrogen-bond acceptors (Lipinski definition) is 3. The number of benzene rings is 3. The number of nitrogens with one attached hydrogen (secondary N) is 2. The summed E-state index contributed by atoms with van der Waals surface area (Å²) in [5, 5.41) is 6.84. The summed E-state index contributed by atoms with van der Waals surface area (Å²) < 4.78 is 5.26. The Balaban J connectivity index is 1.21. The summed E-state index contributed by atoms with van der Waals surface area (Å²) in [7, 11) is 1.65. The zero-order valence-corrected chi connectivity index (χ0v) is 24.0. The van der Waals surface area contributed by atoms with Crippen molar-refractivity contribution in [2.75, 3.05) is 19.0 Å². The van der Waals surface area contributed by atoms with Gasteiger partial charge in [0, 0.05) is 31.4 Å². The Morgan fingerprint density at radius 3 is 1.93 bits per heavy atom. The first-order valence-corrected chi connectivity index (χ1v) is 15.3. The Morgan fingerprint density at radius 2 is 1.32 bits per heavy atom. The molecule has 2 amide bonds. The summed E-state index contributed by atoms with van der Waals surface area (Å²) in [5.74, 6) is 1.35. The largest absolute Gasteiger partial charge is 0.497 e. The van der Waals surface area contributed by atoms with E-state index in [1.807, 2.05) is 29.2 Å². The summed E-state index contributed by atoms with van der Waals surface area (Å²) >= 11 is 0. The van der Waals surface area contributed by atoms with Crippen LogP contribution in [-0.4, -0.2) is 30.6 Å². The van der Waals surface area contributed by atoms with Gasteiger partial charge in [0.25, 0.3) is 0 Å². The Labute approximate surface area is 240 Å². The van der Waals surface area contributed by atoms with Crippen molar-refractivity contribution in [3.05, 3.63) is 83.9 Å². The zero-order chi connectivity index (χ0) is 27.6. The number of ether oxygens (including phenoxy) is 1. The van der Waals surface area contributed by atoms with Gasteiger partial charge in [-0.2, -0.15) is 0 Å². The molecule has 2 N–H and O–H groups in total. The number of carbonyl (C=O) groups is 1. The minimum absolute atomic E-state index is 0.0442. The lowest BCUT2D eigenvalue weighted by atomic mass is 9.89. The van der Waals surface area contributed by atoms with Crippen LogP contribution in [0.15, 0.2) is 72.8 Å². The number of amides is 2. The van der Waals surface area contributed by atoms with Crippen molar-refractivity contribution in [3.8, 4) is 16.9 Å². The molecule has 3 aromatic carbocycles. The quantitative estimate of drug-likeness (QED) is 0.272. The number of nitrogens with zero attached hydrogens (tertiary/aromatic N) is 1. The van der Waals surface area contributed by atoms with E-state index >= 15 is 0 Å². The lowest BCUT2D eigenvalue weighted by Crippen LogP contribution is -2.38. The number of urea groups is 1. The molecule has 0 unspecified atom stereocenters. The van der Waals surface area contributed by atoms with Crippen LogP contribution in [0.4, 0.5) is 10.5 Å². The maximum absolute atomic E-state index is 13.4.